The van der Waals surface area contributed by atoms with Crippen molar-refractivity contribution in [2.75, 3.05) is 0 Å². The lowest BCUT2D eigenvalue weighted by Gasteiger charge is -2.28. The van der Waals surface area contributed by atoms with E-state index in [1.54, 1.807) is 6.07 Å². The molecule has 1 fully saturated rings. The van der Waals surface area contributed by atoms with Crippen LogP contribution in [-0.2, 0) is 0 Å². The smallest absolute Gasteiger partial charge is 0.254 e. The largest absolute Gasteiger partial charge is 0.391 e. The summed E-state index contributed by atoms with van der Waals surface area (Å²) in [5.41, 5.74) is 0.888. The Balaban J connectivity index is 2.09. The van der Waals surface area contributed by atoms with Gasteiger partial charge in [-0.25, -0.2) is 4.39 Å². The molecule has 2 N–H and O–H groups in total. The number of halogens is 1. The number of carbonyl (C=O) groups excluding carboxylic acids is 1. The molecule has 0 aromatic heterocycles. The number of benzene rings is 1. The zero-order valence-corrected chi connectivity index (χ0v) is 10.4. The van der Waals surface area contributed by atoms with Crippen molar-refractivity contribution in [2.24, 2.45) is 0 Å². The highest BCUT2D eigenvalue weighted by atomic mass is 19.1. The molecule has 18 heavy (non-hydrogen) atoms. The van der Waals surface area contributed by atoms with Crippen LogP contribution in [0.15, 0.2) is 18.2 Å². The minimum Gasteiger partial charge on any atom is -0.391 e. The van der Waals surface area contributed by atoms with Crippen molar-refractivity contribution < 1.29 is 14.3 Å². The van der Waals surface area contributed by atoms with Crippen LogP contribution >= 0.6 is 0 Å². The van der Waals surface area contributed by atoms with Crippen molar-refractivity contribution in [1.29, 1.82) is 0 Å². The average Bonchev–Trinajstić information content (AvgIpc) is 2.35. The van der Waals surface area contributed by atoms with Gasteiger partial charge in [-0.2, -0.15) is 0 Å². The second kappa shape index (κ2) is 5.48. The number of carbonyl (C=O) groups is 1. The van der Waals surface area contributed by atoms with E-state index in [9.17, 15) is 14.3 Å². The number of nitrogens with one attached hydrogen (secondary N) is 1. The third-order valence-corrected chi connectivity index (χ3v) is 3.41. The van der Waals surface area contributed by atoms with Gasteiger partial charge in [0.2, 0.25) is 0 Å². The van der Waals surface area contributed by atoms with Crippen molar-refractivity contribution in [1.82, 2.24) is 5.32 Å². The molecule has 0 heterocycles. The van der Waals surface area contributed by atoms with Crippen molar-refractivity contribution in [3.63, 3.8) is 0 Å². The summed E-state index contributed by atoms with van der Waals surface area (Å²) in [6, 6.07) is 4.19. The quantitative estimate of drug-likeness (QED) is 0.846. The normalized spacial score (nSPS) is 23.7. The Morgan fingerprint density at radius 1 is 1.39 bits per heavy atom. The van der Waals surface area contributed by atoms with E-state index in [0.29, 0.717) is 6.42 Å². The predicted molar refractivity (Wildman–Crippen MR) is 66.9 cm³/mol. The first-order chi connectivity index (χ1) is 8.58. The zero-order valence-electron chi connectivity index (χ0n) is 10.4. The van der Waals surface area contributed by atoms with Crippen molar-refractivity contribution >= 4 is 5.91 Å². The lowest BCUT2D eigenvalue weighted by atomic mass is 9.92. The minimum atomic E-state index is -0.525. The second-order valence-corrected chi connectivity index (χ2v) is 4.92. The molecule has 0 aliphatic heterocycles. The molecule has 1 aromatic carbocycles. The molecule has 2 rings (SSSR count). The Bertz CT molecular complexity index is 447. The van der Waals surface area contributed by atoms with E-state index < -0.39 is 17.8 Å². The number of aryl methyl sites for hydroxylation is 1. The van der Waals surface area contributed by atoms with E-state index in [0.717, 1.165) is 24.8 Å². The second-order valence-electron chi connectivity index (χ2n) is 4.92. The van der Waals surface area contributed by atoms with Crippen LogP contribution in [0.1, 0.15) is 41.6 Å². The van der Waals surface area contributed by atoms with Gasteiger partial charge in [0.05, 0.1) is 17.7 Å². The number of hydrogen-bond acceptors (Lipinski definition) is 2. The van der Waals surface area contributed by atoms with E-state index in [4.69, 9.17) is 0 Å². The molecule has 1 amide bonds. The summed E-state index contributed by atoms with van der Waals surface area (Å²) in [4.78, 5) is 12.0. The fourth-order valence-corrected chi connectivity index (χ4v) is 2.34. The van der Waals surface area contributed by atoms with Gasteiger partial charge in [0, 0.05) is 0 Å². The molecular weight excluding hydrogens is 233 g/mol. The molecule has 0 spiro atoms. The van der Waals surface area contributed by atoms with Crippen LogP contribution in [0.2, 0.25) is 0 Å². The topological polar surface area (TPSA) is 49.3 Å². The van der Waals surface area contributed by atoms with Gasteiger partial charge in [0.1, 0.15) is 5.82 Å². The van der Waals surface area contributed by atoms with Gasteiger partial charge >= 0.3 is 0 Å². The molecule has 1 saturated carbocycles. The first kappa shape index (κ1) is 13.0. The molecule has 2 atom stereocenters. The van der Waals surface area contributed by atoms with Crippen LogP contribution in [0.5, 0.6) is 0 Å². The molecule has 98 valence electrons. The van der Waals surface area contributed by atoms with Gasteiger partial charge in [-0.15, -0.1) is 0 Å². The summed E-state index contributed by atoms with van der Waals surface area (Å²) in [6.45, 7) is 1.81. The van der Waals surface area contributed by atoms with Crippen LogP contribution in [0.25, 0.3) is 0 Å². The first-order valence-electron chi connectivity index (χ1n) is 6.33. The van der Waals surface area contributed by atoms with Gasteiger partial charge in [0.15, 0.2) is 0 Å². The van der Waals surface area contributed by atoms with Crippen LogP contribution in [-0.4, -0.2) is 23.2 Å². The summed E-state index contributed by atoms with van der Waals surface area (Å²) in [5.74, 6) is -0.967. The Kier molecular flexibility index (Phi) is 3.97. The lowest BCUT2D eigenvalue weighted by Crippen LogP contribution is -2.45. The Morgan fingerprint density at radius 2 is 2.11 bits per heavy atom. The highest BCUT2D eigenvalue weighted by Crippen LogP contribution is 2.19. The fourth-order valence-electron chi connectivity index (χ4n) is 2.34. The molecule has 1 aliphatic rings. The van der Waals surface area contributed by atoms with Gasteiger partial charge in [-0.3, -0.25) is 4.79 Å². The number of amides is 1. The molecule has 1 aliphatic carbocycles. The Hall–Kier alpha value is -1.42. The fraction of sp³-hybridized carbons (Fsp3) is 0.500. The van der Waals surface area contributed by atoms with Crippen molar-refractivity contribution in [3.8, 4) is 0 Å². The zero-order chi connectivity index (χ0) is 13.1. The summed E-state index contributed by atoms with van der Waals surface area (Å²) in [5, 5.41) is 12.5. The van der Waals surface area contributed by atoms with E-state index in [2.05, 4.69) is 5.32 Å². The molecular formula is C14H18FNO2. The summed E-state index contributed by atoms with van der Waals surface area (Å²) >= 11 is 0. The number of aliphatic hydroxyl groups excluding tert-OH is 1. The average molecular weight is 251 g/mol. The van der Waals surface area contributed by atoms with E-state index in [-0.39, 0.29) is 11.6 Å². The van der Waals surface area contributed by atoms with Crippen molar-refractivity contribution in [3.05, 3.63) is 35.1 Å². The maximum absolute atomic E-state index is 13.5. The predicted octanol–water partition coefficient (Wildman–Crippen LogP) is 2.17. The molecule has 4 heteroatoms. The molecule has 0 saturated heterocycles. The standard InChI is InChI=1S/C14H18FNO2/c1-9-6-7-11(15)10(8-9)14(18)16-12-4-2-3-5-13(12)17/h6-8,12-13,17H,2-5H2,1H3,(H,16,18)/t12-,13-/m0/s1. The first-order valence-corrected chi connectivity index (χ1v) is 6.33. The molecule has 0 unspecified atom stereocenters. The molecule has 0 radical (unpaired) electrons. The monoisotopic (exact) mass is 251 g/mol. The van der Waals surface area contributed by atoms with Crippen LogP contribution in [0, 0.1) is 12.7 Å². The van der Waals surface area contributed by atoms with Gasteiger partial charge in [-0.1, -0.05) is 24.5 Å². The summed E-state index contributed by atoms with van der Waals surface area (Å²) < 4.78 is 13.5. The van der Waals surface area contributed by atoms with Gasteiger partial charge in [0.25, 0.3) is 5.91 Å². The maximum atomic E-state index is 13.5. The maximum Gasteiger partial charge on any atom is 0.254 e. The van der Waals surface area contributed by atoms with E-state index >= 15 is 0 Å². The van der Waals surface area contributed by atoms with Crippen LogP contribution in [0.4, 0.5) is 4.39 Å². The van der Waals surface area contributed by atoms with Gasteiger partial charge < -0.3 is 10.4 Å². The summed E-state index contributed by atoms with van der Waals surface area (Å²) in [6.07, 6.45) is 2.89. The highest BCUT2D eigenvalue weighted by Gasteiger charge is 2.25. The Labute approximate surface area is 106 Å². The van der Waals surface area contributed by atoms with Crippen molar-refractivity contribution in [2.45, 2.75) is 44.8 Å². The summed E-state index contributed by atoms with van der Waals surface area (Å²) in [7, 11) is 0. The molecule has 3 nitrogen and oxygen atoms in total. The van der Waals surface area contributed by atoms with Crippen LogP contribution in [0.3, 0.4) is 0 Å². The van der Waals surface area contributed by atoms with E-state index in [1.165, 1.54) is 12.1 Å². The lowest BCUT2D eigenvalue weighted by molar-refractivity contribution is 0.0714. The van der Waals surface area contributed by atoms with Crippen LogP contribution < -0.4 is 5.32 Å². The van der Waals surface area contributed by atoms with E-state index in [1.807, 2.05) is 6.92 Å². The third-order valence-electron chi connectivity index (χ3n) is 3.41. The molecule has 1 aromatic rings. The minimum absolute atomic E-state index is 0.0489. The van der Waals surface area contributed by atoms with Gasteiger partial charge in [-0.05, 0) is 31.9 Å². The number of hydrogen-bond donors (Lipinski definition) is 2. The SMILES string of the molecule is Cc1ccc(F)c(C(=O)N[C@H]2CCCC[C@@H]2O)c1. The number of rotatable bonds is 2. The third kappa shape index (κ3) is 2.88. The number of aliphatic hydroxyl groups is 1. The Morgan fingerprint density at radius 3 is 2.83 bits per heavy atom. The molecule has 0 bridgehead atoms. The highest BCUT2D eigenvalue weighted by molar-refractivity contribution is 5.94.